The molecule has 4 aromatic rings. The Balaban J connectivity index is 1.74. The van der Waals surface area contributed by atoms with Gasteiger partial charge in [-0.3, -0.25) is 9.59 Å². The molecule has 27 heavy (non-hydrogen) atoms. The van der Waals surface area contributed by atoms with Crippen LogP contribution in [0.1, 0.15) is 21.8 Å². The van der Waals surface area contributed by atoms with Crippen LogP contribution in [0, 0.1) is 27.7 Å². The van der Waals surface area contributed by atoms with E-state index in [0.29, 0.717) is 16.0 Å². The average Bonchev–Trinajstić information content (AvgIpc) is 3.11. The predicted molar refractivity (Wildman–Crippen MR) is 107 cm³/mol. The first-order valence-corrected chi connectivity index (χ1v) is 9.38. The average molecular weight is 381 g/mol. The van der Waals surface area contributed by atoms with E-state index >= 15 is 0 Å². The minimum Gasteiger partial charge on any atom is -0.330 e. The SMILES string of the molecule is Cc1ccc(C)c(NC(=O)Cn2c(C)cc3nc4sc(C)nn4c(=O)c32)c1. The van der Waals surface area contributed by atoms with E-state index in [2.05, 4.69) is 15.4 Å². The molecule has 4 rings (SSSR count). The number of carbonyl (C=O) groups excluding carboxylic acids is 1. The maximum absolute atomic E-state index is 12.9. The summed E-state index contributed by atoms with van der Waals surface area (Å²) in [6, 6.07) is 7.74. The molecule has 0 unspecified atom stereocenters. The molecule has 1 N–H and O–H groups in total. The van der Waals surface area contributed by atoms with E-state index in [1.165, 1.54) is 15.9 Å². The molecule has 0 saturated carbocycles. The molecule has 1 aromatic carbocycles. The number of nitrogens with one attached hydrogen (secondary N) is 1. The lowest BCUT2D eigenvalue weighted by Gasteiger charge is -2.11. The Morgan fingerprint density at radius 3 is 2.74 bits per heavy atom. The summed E-state index contributed by atoms with van der Waals surface area (Å²) in [6.07, 6.45) is 0. The highest BCUT2D eigenvalue weighted by molar-refractivity contribution is 7.16. The first-order valence-electron chi connectivity index (χ1n) is 8.57. The number of carbonyl (C=O) groups is 1. The standard InChI is InChI=1S/C19H19N5O2S/c1-10-5-6-11(2)14(7-10)20-16(25)9-23-12(3)8-15-17(23)18(26)24-19(21-15)27-13(4)22-24/h5-8H,9H2,1-4H3,(H,20,25). The van der Waals surface area contributed by atoms with Crippen molar-refractivity contribution in [1.29, 1.82) is 0 Å². The number of hydrogen-bond donors (Lipinski definition) is 1. The van der Waals surface area contributed by atoms with Gasteiger partial charge >= 0.3 is 0 Å². The maximum Gasteiger partial charge on any atom is 0.299 e. The van der Waals surface area contributed by atoms with Gasteiger partial charge in [-0.1, -0.05) is 23.5 Å². The number of amides is 1. The summed E-state index contributed by atoms with van der Waals surface area (Å²) in [5.41, 5.74) is 4.37. The molecule has 0 atom stereocenters. The van der Waals surface area contributed by atoms with Crippen LogP contribution in [0.4, 0.5) is 5.69 Å². The maximum atomic E-state index is 12.9. The molecule has 138 valence electrons. The third kappa shape index (κ3) is 3.02. The summed E-state index contributed by atoms with van der Waals surface area (Å²) in [7, 11) is 0. The van der Waals surface area contributed by atoms with Crippen molar-refractivity contribution >= 4 is 38.9 Å². The second-order valence-corrected chi connectivity index (χ2v) is 7.86. The van der Waals surface area contributed by atoms with Crippen molar-refractivity contribution in [1.82, 2.24) is 19.2 Å². The lowest BCUT2D eigenvalue weighted by Crippen LogP contribution is -2.24. The van der Waals surface area contributed by atoms with Crippen LogP contribution in [0.15, 0.2) is 29.1 Å². The smallest absolute Gasteiger partial charge is 0.299 e. The summed E-state index contributed by atoms with van der Waals surface area (Å²) < 4.78 is 3.01. The van der Waals surface area contributed by atoms with E-state index in [1.807, 2.05) is 52.0 Å². The lowest BCUT2D eigenvalue weighted by molar-refractivity contribution is -0.116. The molecule has 0 aliphatic rings. The molecule has 0 fully saturated rings. The summed E-state index contributed by atoms with van der Waals surface area (Å²) in [4.78, 5) is 30.6. The van der Waals surface area contributed by atoms with E-state index in [9.17, 15) is 9.59 Å². The predicted octanol–water partition coefficient (Wildman–Crippen LogP) is 2.98. The van der Waals surface area contributed by atoms with Gasteiger partial charge < -0.3 is 9.88 Å². The van der Waals surface area contributed by atoms with Gasteiger partial charge in [0.25, 0.3) is 5.56 Å². The Bertz CT molecular complexity index is 1260. The second-order valence-electron chi connectivity index (χ2n) is 6.70. The van der Waals surface area contributed by atoms with Crippen LogP contribution < -0.4 is 10.9 Å². The Labute approximate surface area is 159 Å². The number of aryl methyl sites for hydroxylation is 4. The number of rotatable bonds is 3. The van der Waals surface area contributed by atoms with E-state index in [0.717, 1.165) is 27.5 Å². The summed E-state index contributed by atoms with van der Waals surface area (Å²) in [5.74, 6) is -0.191. The second kappa shape index (κ2) is 6.31. The van der Waals surface area contributed by atoms with E-state index in [4.69, 9.17) is 0 Å². The molecule has 0 spiro atoms. The van der Waals surface area contributed by atoms with Crippen LogP contribution in [0.25, 0.3) is 16.0 Å². The van der Waals surface area contributed by atoms with Crippen molar-refractivity contribution < 1.29 is 4.79 Å². The summed E-state index contributed by atoms with van der Waals surface area (Å²) >= 11 is 1.37. The van der Waals surface area contributed by atoms with Gasteiger partial charge in [0, 0.05) is 11.4 Å². The number of nitrogens with zero attached hydrogens (tertiary/aromatic N) is 4. The number of anilines is 1. The number of benzene rings is 1. The molecule has 8 heteroatoms. The third-order valence-electron chi connectivity index (χ3n) is 4.52. The van der Waals surface area contributed by atoms with Gasteiger partial charge in [-0.2, -0.15) is 9.61 Å². The van der Waals surface area contributed by atoms with E-state index < -0.39 is 0 Å². The number of hydrogen-bond acceptors (Lipinski definition) is 5. The molecular formula is C19H19N5O2S. The summed E-state index contributed by atoms with van der Waals surface area (Å²) in [5, 5.41) is 7.93. The fraction of sp³-hybridized carbons (Fsp3) is 0.263. The highest BCUT2D eigenvalue weighted by Gasteiger charge is 2.17. The molecule has 0 radical (unpaired) electrons. The Morgan fingerprint density at radius 2 is 1.96 bits per heavy atom. The molecule has 0 aliphatic carbocycles. The zero-order chi connectivity index (χ0) is 19.3. The van der Waals surface area contributed by atoms with E-state index in [1.54, 1.807) is 4.57 Å². The van der Waals surface area contributed by atoms with Gasteiger partial charge in [0.1, 0.15) is 17.1 Å². The molecular weight excluding hydrogens is 362 g/mol. The van der Waals surface area contributed by atoms with Crippen LogP contribution >= 0.6 is 11.3 Å². The molecule has 0 aliphatic heterocycles. The topological polar surface area (TPSA) is 81.3 Å². The van der Waals surface area contributed by atoms with Crippen molar-refractivity contribution in [2.45, 2.75) is 34.2 Å². The largest absolute Gasteiger partial charge is 0.330 e. The first kappa shape index (κ1) is 17.4. The molecule has 1 amide bonds. The summed E-state index contributed by atoms with van der Waals surface area (Å²) in [6.45, 7) is 7.66. The fourth-order valence-corrected chi connectivity index (χ4v) is 3.90. The van der Waals surface area contributed by atoms with Gasteiger partial charge in [0.05, 0.1) is 5.52 Å². The first-order chi connectivity index (χ1) is 12.8. The van der Waals surface area contributed by atoms with Crippen molar-refractivity contribution in [3.63, 3.8) is 0 Å². The van der Waals surface area contributed by atoms with Gasteiger partial charge in [-0.15, -0.1) is 0 Å². The third-order valence-corrected chi connectivity index (χ3v) is 5.35. The zero-order valence-electron chi connectivity index (χ0n) is 15.5. The fourth-order valence-electron chi connectivity index (χ4n) is 3.16. The minimum absolute atomic E-state index is 0.0365. The van der Waals surface area contributed by atoms with Crippen LogP contribution in [0.2, 0.25) is 0 Å². The normalized spacial score (nSPS) is 11.4. The van der Waals surface area contributed by atoms with Crippen LogP contribution in [0.3, 0.4) is 0 Å². The highest BCUT2D eigenvalue weighted by atomic mass is 32.1. The number of aromatic nitrogens is 4. The molecule has 0 saturated heterocycles. The monoisotopic (exact) mass is 381 g/mol. The van der Waals surface area contributed by atoms with Gasteiger partial charge in [-0.25, -0.2) is 4.98 Å². The van der Waals surface area contributed by atoms with Crippen LogP contribution in [-0.4, -0.2) is 25.1 Å². The van der Waals surface area contributed by atoms with E-state index in [-0.39, 0.29) is 18.0 Å². The molecule has 7 nitrogen and oxygen atoms in total. The Kier molecular flexibility index (Phi) is 4.07. The van der Waals surface area contributed by atoms with Crippen molar-refractivity contribution in [3.05, 3.63) is 56.4 Å². The molecule has 3 aromatic heterocycles. The van der Waals surface area contributed by atoms with Gasteiger partial charge in [0.2, 0.25) is 10.9 Å². The molecule has 0 bridgehead atoms. The Morgan fingerprint density at radius 1 is 1.19 bits per heavy atom. The Hall–Kier alpha value is -3.00. The zero-order valence-corrected chi connectivity index (χ0v) is 16.3. The van der Waals surface area contributed by atoms with Crippen LogP contribution in [0.5, 0.6) is 0 Å². The quantitative estimate of drug-likeness (QED) is 0.592. The minimum atomic E-state index is -0.257. The van der Waals surface area contributed by atoms with Gasteiger partial charge in [-0.05, 0) is 51.0 Å². The molecule has 3 heterocycles. The van der Waals surface area contributed by atoms with Crippen molar-refractivity contribution in [2.75, 3.05) is 5.32 Å². The van der Waals surface area contributed by atoms with Gasteiger partial charge in [0.15, 0.2) is 0 Å². The number of fused-ring (bicyclic) bond motifs is 2. The van der Waals surface area contributed by atoms with Crippen molar-refractivity contribution in [3.8, 4) is 0 Å². The highest BCUT2D eigenvalue weighted by Crippen LogP contribution is 2.20. The van der Waals surface area contributed by atoms with Crippen molar-refractivity contribution in [2.24, 2.45) is 0 Å². The van der Waals surface area contributed by atoms with Crippen LogP contribution in [-0.2, 0) is 11.3 Å². The lowest BCUT2D eigenvalue weighted by atomic mass is 10.1.